The Hall–Kier alpha value is -3.02. The first-order valence-electron chi connectivity index (χ1n) is 6.58. The number of aromatic nitrogens is 2. The highest BCUT2D eigenvalue weighted by molar-refractivity contribution is 5.94. The third kappa shape index (κ3) is 2.58. The van der Waals surface area contributed by atoms with Crippen LogP contribution in [0.5, 0.6) is 17.2 Å². The second-order valence-electron chi connectivity index (χ2n) is 4.57. The molecule has 112 valence electrons. The number of rotatable bonds is 4. The molecule has 0 radical (unpaired) electrons. The van der Waals surface area contributed by atoms with Crippen LogP contribution in [0.4, 0.5) is 0 Å². The summed E-state index contributed by atoms with van der Waals surface area (Å²) >= 11 is 0. The summed E-state index contributed by atoms with van der Waals surface area (Å²) < 4.78 is 15.7. The fraction of sp³-hybridized carbons (Fsp3) is 0.125. The maximum absolute atomic E-state index is 12.3. The molecule has 0 aliphatic heterocycles. The van der Waals surface area contributed by atoms with Crippen molar-refractivity contribution in [3.63, 3.8) is 0 Å². The van der Waals surface area contributed by atoms with E-state index in [1.165, 1.54) is 7.11 Å². The van der Waals surface area contributed by atoms with Crippen molar-refractivity contribution >= 4 is 16.9 Å². The summed E-state index contributed by atoms with van der Waals surface area (Å²) in [6.07, 6.45) is 1.70. The predicted molar refractivity (Wildman–Crippen MR) is 80.6 cm³/mol. The van der Waals surface area contributed by atoms with Gasteiger partial charge in [0.1, 0.15) is 22.8 Å². The molecule has 0 aliphatic carbocycles. The highest BCUT2D eigenvalue weighted by Crippen LogP contribution is 2.26. The second-order valence-corrected chi connectivity index (χ2v) is 4.57. The Labute approximate surface area is 126 Å². The minimum absolute atomic E-state index is 0.327. The number of carbonyl (C=O) groups excluding carboxylic acids is 1. The van der Waals surface area contributed by atoms with E-state index >= 15 is 0 Å². The molecule has 6 heteroatoms. The number of methoxy groups -OCH3 is 2. The predicted octanol–water partition coefficient (Wildman–Crippen LogP) is 2.80. The van der Waals surface area contributed by atoms with Gasteiger partial charge in [0.25, 0.3) is 0 Å². The highest BCUT2D eigenvalue weighted by atomic mass is 16.5. The topological polar surface area (TPSA) is 73.4 Å². The van der Waals surface area contributed by atoms with Crippen molar-refractivity contribution in [3.05, 3.63) is 48.2 Å². The molecule has 1 aromatic heterocycles. The molecule has 3 aromatic rings. The molecule has 1 heterocycles. The lowest BCUT2D eigenvalue weighted by molar-refractivity contribution is 0.0731. The van der Waals surface area contributed by atoms with E-state index in [-0.39, 0.29) is 0 Å². The average Bonchev–Trinajstić information content (AvgIpc) is 3.01. The minimum Gasteiger partial charge on any atom is -0.497 e. The van der Waals surface area contributed by atoms with E-state index in [4.69, 9.17) is 14.2 Å². The van der Waals surface area contributed by atoms with E-state index in [0.717, 1.165) is 10.9 Å². The first-order chi connectivity index (χ1) is 10.7. The van der Waals surface area contributed by atoms with Crippen LogP contribution in [0.2, 0.25) is 0 Å². The van der Waals surface area contributed by atoms with Crippen LogP contribution in [0.3, 0.4) is 0 Å². The molecule has 0 bridgehead atoms. The van der Waals surface area contributed by atoms with Crippen molar-refractivity contribution in [1.29, 1.82) is 0 Å². The first-order valence-corrected chi connectivity index (χ1v) is 6.58. The molecule has 0 amide bonds. The maximum atomic E-state index is 12.3. The molecular formula is C16H14N2O4. The molecule has 2 aromatic carbocycles. The fourth-order valence-electron chi connectivity index (χ4n) is 2.11. The average molecular weight is 298 g/mol. The van der Waals surface area contributed by atoms with Gasteiger partial charge in [-0.3, -0.25) is 5.10 Å². The lowest BCUT2D eigenvalue weighted by Gasteiger charge is -2.10. The summed E-state index contributed by atoms with van der Waals surface area (Å²) in [6, 6.07) is 10.2. The lowest BCUT2D eigenvalue weighted by Crippen LogP contribution is -2.10. The van der Waals surface area contributed by atoms with Gasteiger partial charge in [-0.1, -0.05) is 0 Å². The first kappa shape index (κ1) is 13.9. The van der Waals surface area contributed by atoms with Crippen LogP contribution in [-0.4, -0.2) is 30.4 Å². The number of aromatic amines is 1. The summed E-state index contributed by atoms with van der Waals surface area (Å²) in [6.45, 7) is 0. The van der Waals surface area contributed by atoms with Gasteiger partial charge >= 0.3 is 5.97 Å². The van der Waals surface area contributed by atoms with Gasteiger partial charge in [0.2, 0.25) is 0 Å². The molecule has 0 atom stereocenters. The molecule has 22 heavy (non-hydrogen) atoms. The number of hydrogen-bond acceptors (Lipinski definition) is 5. The normalized spacial score (nSPS) is 10.5. The summed E-state index contributed by atoms with van der Waals surface area (Å²) in [5, 5.41) is 7.70. The molecule has 0 fully saturated rings. The van der Waals surface area contributed by atoms with Crippen molar-refractivity contribution in [2.24, 2.45) is 0 Å². The van der Waals surface area contributed by atoms with E-state index in [1.54, 1.807) is 43.6 Å². The molecule has 6 nitrogen and oxygen atoms in total. The Bertz CT molecular complexity index is 826. The Kier molecular flexibility index (Phi) is 3.65. The van der Waals surface area contributed by atoms with Crippen LogP contribution in [-0.2, 0) is 0 Å². The number of benzene rings is 2. The maximum Gasteiger partial charge on any atom is 0.347 e. The zero-order valence-electron chi connectivity index (χ0n) is 12.1. The molecular weight excluding hydrogens is 284 g/mol. The number of nitrogens with zero attached hydrogens (tertiary/aromatic N) is 1. The summed E-state index contributed by atoms with van der Waals surface area (Å²) in [5.74, 6) is 0.928. The van der Waals surface area contributed by atoms with Crippen molar-refractivity contribution in [3.8, 4) is 17.2 Å². The van der Waals surface area contributed by atoms with Gasteiger partial charge in [-0.2, -0.15) is 5.10 Å². The zero-order valence-corrected chi connectivity index (χ0v) is 12.1. The molecule has 0 unspecified atom stereocenters. The van der Waals surface area contributed by atoms with Gasteiger partial charge < -0.3 is 14.2 Å². The smallest absolute Gasteiger partial charge is 0.347 e. The molecule has 3 rings (SSSR count). The van der Waals surface area contributed by atoms with Gasteiger partial charge in [0.15, 0.2) is 0 Å². The van der Waals surface area contributed by atoms with Crippen molar-refractivity contribution in [2.75, 3.05) is 14.2 Å². The van der Waals surface area contributed by atoms with E-state index in [2.05, 4.69) is 10.2 Å². The van der Waals surface area contributed by atoms with Gasteiger partial charge in [0, 0.05) is 17.5 Å². The Balaban J connectivity index is 1.87. The van der Waals surface area contributed by atoms with Crippen molar-refractivity contribution in [2.45, 2.75) is 0 Å². The van der Waals surface area contributed by atoms with Crippen LogP contribution >= 0.6 is 0 Å². The SMILES string of the molecule is COc1ccc(C(=O)Oc2ccc3cn[nH]c3c2)c(OC)c1. The van der Waals surface area contributed by atoms with E-state index < -0.39 is 5.97 Å². The van der Waals surface area contributed by atoms with E-state index in [1.807, 2.05) is 6.07 Å². The van der Waals surface area contributed by atoms with Gasteiger partial charge in [-0.15, -0.1) is 0 Å². The van der Waals surface area contributed by atoms with Crippen LogP contribution in [0.15, 0.2) is 42.6 Å². The molecule has 0 saturated carbocycles. The van der Waals surface area contributed by atoms with Gasteiger partial charge in [0.05, 0.1) is 25.9 Å². The number of hydrogen-bond donors (Lipinski definition) is 1. The fourth-order valence-corrected chi connectivity index (χ4v) is 2.11. The zero-order chi connectivity index (χ0) is 15.5. The van der Waals surface area contributed by atoms with Crippen LogP contribution in [0.1, 0.15) is 10.4 Å². The third-order valence-corrected chi connectivity index (χ3v) is 3.25. The summed E-state index contributed by atoms with van der Waals surface area (Å²) in [4.78, 5) is 12.3. The number of nitrogens with one attached hydrogen (secondary N) is 1. The van der Waals surface area contributed by atoms with Crippen LogP contribution < -0.4 is 14.2 Å². The van der Waals surface area contributed by atoms with E-state index in [0.29, 0.717) is 22.8 Å². The van der Waals surface area contributed by atoms with Crippen LogP contribution in [0, 0.1) is 0 Å². The molecule has 1 N–H and O–H groups in total. The number of carbonyl (C=O) groups is 1. The monoisotopic (exact) mass is 298 g/mol. The summed E-state index contributed by atoms with van der Waals surface area (Å²) in [5.41, 5.74) is 1.13. The highest BCUT2D eigenvalue weighted by Gasteiger charge is 2.16. The van der Waals surface area contributed by atoms with Gasteiger partial charge in [-0.25, -0.2) is 4.79 Å². The van der Waals surface area contributed by atoms with E-state index in [9.17, 15) is 4.79 Å². The van der Waals surface area contributed by atoms with Crippen molar-refractivity contribution < 1.29 is 19.0 Å². The summed E-state index contributed by atoms with van der Waals surface area (Å²) in [7, 11) is 3.04. The molecule has 0 aliphatic rings. The van der Waals surface area contributed by atoms with Crippen LogP contribution in [0.25, 0.3) is 10.9 Å². The lowest BCUT2D eigenvalue weighted by atomic mass is 10.2. The molecule has 0 spiro atoms. The minimum atomic E-state index is -0.502. The second kappa shape index (κ2) is 5.77. The third-order valence-electron chi connectivity index (χ3n) is 3.25. The largest absolute Gasteiger partial charge is 0.497 e. The number of fused-ring (bicyclic) bond motifs is 1. The molecule has 0 saturated heterocycles. The number of H-pyrrole nitrogens is 1. The Morgan fingerprint density at radius 3 is 2.64 bits per heavy atom. The number of esters is 1. The quantitative estimate of drug-likeness (QED) is 0.592. The Morgan fingerprint density at radius 2 is 1.86 bits per heavy atom. The number of ether oxygens (including phenoxy) is 3. The Morgan fingerprint density at radius 1 is 1.05 bits per heavy atom. The van der Waals surface area contributed by atoms with Crippen molar-refractivity contribution in [1.82, 2.24) is 10.2 Å². The standard InChI is InChI=1S/C16H14N2O4/c1-20-11-5-6-13(15(8-11)21-2)16(19)22-12-4-3-10-9-17-18-14(10)7-12/h3-9H,1-2H3,(H,17,18). The van der Waals surface area contributed by atoms with Gasteiger partial charge in [-0.05, 0) is 24.3 Å².